The van der Waals surface area contributed by atoms with Gasteiger partial charge in [0.15, 0.2) is 0 Å². The number of hydrogen-bond acceptors (Lipinski definition) is 4. The van der Waals surface area contributed by atoms with Crippen LogP contribution >= 0.6 is 0 Å². The molecule has 0 bridgehead atoms. The lowest BCUT2D eigenvalue weighted by Gasteiger charge is -2.19. The predicted molar refractivity (Wildman–Crippen MR) is 96.2 cm³/mol. The molecular weight excluding hydrogens is 324 g/mol. The number of aromatic nitrogens is 1. The molecular formula is C18H24N2O3S. The lowest BCUT2D eigenvalue weighted by molar-refractivity contribution is 0.402. The van der Waals surface area contributed by atoms with Crippen LogP contribution in [0.2, 0.25) is 0 Å². The molecule has 0 aliphatic rings. The van der Waals surface area contributed by atoms with E-state index in [0.717, 1.165) is 16.8 Å². The molecule has 0 aliphatic heterocycles. The van der Waals surface area contributed by atoms with Crippen molar-refractivity contribution in [3.05, 3.63) is 47.3 Å². The average molecular weight is 348 g/mol. The highest BCUT2D eigenvalue weighted by molar-refractivity contribution is 7.92. The molecule has 0 amide bonds. The summed E-state index contributed by atoms with van der Waals surface area (Å²) in [6, 6.07) is 6.75. The number of ether oxygens (including phenoxy) is 1. The van der Waals surface area contributed by atoms with Crippen LogP contribution in [-0.4, -0.2) is 20.5 Å². The van der Waals surface area contributed by atoms with Gasteiger partial charge in [-0.1, -0.05) is 20.8 Å². The monoisotopic (exact) mass is 348 g/mol. The third kappa shape index (κ3) is 3.87. The molecule has 1 aromatic heterocycles. The summed E-state index contributed by atoms with van der Waals surface area (Å²) in [5.41, 5.74) is 3.00. The molecule has 6 heteroatoms. The molecule has 0 aliphatic carbocycles. The van der Waals surface area contributed by atoms with Gasteiger partial charge in [0.1, 0.15) is 10.6 Å². The van der Waals surface area contributed by atoms with Crippen LogP contribution in [-0.2, 0) is 15.4 Å². The SMILES string of the molecule is COc1cc(C)c(C)cc1S(=O)(=O)Nc1ccnc(C(C)(C)C)c1. The minimum absolute atomic E-state index is 0.127. The van der Waals surface area contributed by atoms with Crippen molar-refractivity contribution in [1.82, 2.24) is 4.98 Å². The second-order valence-corrected chi connectivity index (χ2v) is 8.52. The van der Waals surface area contributed by atoms with E-state index in [4.69, 9.17) is 4.74 Å². The van der Waals surface area contributed by atoms with E-state index in [1.807, 2.05) is 34.6 Å². The first-order chi connectivity index (χ1) is 11.0. The highest BCUT2D eigenvalue weighted by Crippen LogP contribution is 2.29. The summed E-state index contributed by atoms with van der Waals surface area (Å²) in [7, 11) is -2.29. The molecule has 1 aromatic carbocycles. The van der Waals surface area contributed by atoms with Gasteiger partial charge in [0, 0.05) is 17.3 Å². The first kappa shape index (κ1) is 18.3. The summed E-state index contributed by atoms with van der Waals surface area (Å²) < 4.78 is 33.5. The number of nitrogens with zero attached hydrogens (tertiary/aromatic N) is 1. The Balaban J connectivity index is 2.45. The molecule has 0 radical (unpaired) electrons. The van der Waals surface area contributed by atoms with Crippen LogP contribution in [0, 0.1) is 13.8 Å². The second-order valence-electron chi connectivity index (χ2n) is 6.87. The van der Waals surface area contributed by atoms with Gasteiger partial charge in [-0.2, -0.15) is 0 Å². The molecule has 1 N–H and O–H groups in total. The van der Waals surface area contributed by atoms with Crippen LogP contribution in [0.15, 0.2) is 35.4 Å². The Labute approximate surface area is 144 Å². The van der Waals surface area contributed by atoms with E-state index >= 15 is 0 Å². The highest BCUT2D eigenvalue weighted by Gasteiger charge is 2.22. The zero-order valence-corrected chi connectivity index (χ0v) is 15.8. The minimum atomic E-state index is -3.76. The average Bonchev–Trinajstić information content (AvgIpc) is 2.48. The molecule has 2 rings (SSSR count). The summed E-state index contributed by atoms with van der Waals surface area (Å²) in [5.74, 6) is 0.329. The topological polar surface area (TPSA) is 68.3 Å². The first-order valence-corrected chi connectivity index (χ1v) is 9.17. The maximum atomic E-state index is 12.8. The number of benzene rings is 1. The van der Waals surface area contributed by atoms with E-state index in [9.17, 15) is 8.42 Å². The molecule has 0 unspecified atom stereocenters. The molecule has 0 atom stereocenters. The molecule has 0 spiro atoms. The number of pyridine rings is 1. The van der Waals surface area contributed by atoms with Crippen molar-refractivity contribution in [2.24, 2.45) is 0 Å². The fourth-order valence-corrected chi connectivity index (χ4v) is 3.53. The van der Waals surface area contributed by atoms with Gasteiger partial charge in [0.2, 0.25) is 0 Å². The van der Waals surface area contributed by atoms with Gasteiger partial charge in [0.05, 0.1) is 12.8 Å². The summed E-state index contributed by atoms with van der Waals surface area (Å²) >= 11 is 0. The molecule has 5 nitrogen and oxygen atoms in total. The Morgan fingerprint density at radius 1 is 1.08 bits per heavy atom. The van der Waals surface area contributed by atoms with E-state index in [2.05, 4.69) is 9.71 Å². The zero-order chi connectivity index (χ0) is 18.1. The maximum Gasteiger partial charge on any atom is 0.265 e. The largest absolute Gasteiger partial charge is 0.495 e. The van der Waals surface area contributed by atoms with Gasteiger partial charge < -0.3 is 4.74 Å². The minimum Gasteiger partial charge on any atom is -0.495 e. The lowest BCUT2D eigenvalue weighted by atomic mass is 9.91. The lowest BCUT2D eigenvalue weighted by Crippen LogP contribution is -2.17. The van der Waals surface area contributed by atoms with Crippen molar-refractivity contribution < 1.29 is 13.2 Å². The quantitative estimate of drug-likeness (QED) is 0.912. The van der Waals surface area contributed by atoms with Gasteiger partial charge in [-0.05, 0) is 49.2 Å². The Kier molecular flexibility index (Phi) is 4.90. The number of hydrogen-bond donors (Lipinski definition) is 1. The van der Waals surface area contributed by atoms with Gasteiger partial charge in [-0.25, -0.2) is 8.42 Å². The standard InChI is InChI=1S/C18H24N2O3S/c1-12-9-15(23-6)16(10-13(12)2)24(21,22)20-14-7-8-19-17(11-14)18(3,4)5/h7-11H,1-6H3,(H,19,20). The molecule has 1 heterocycles. The molecule has 2 aromatic rings. The van der Waals surface area contributed by atoms with Gasteiger partial charge in [0.25, 0.3) is 10.0 Å². The Morgan fingerprint density at radius 3 is 2.29 bits per heavy atom. The molecule has 24 heavy (non-hydrogen) atoms. The number of methoxy groups -OCH3 is 1. The fraction of sp³-hybridized carbons (Fsp3) is 0.389. The van der Waals surface area contributed by atoms with Gasteiger partial charge in [-0.15, -0.1) is 0 Å². The van der Waals surface area contributed by atoms with Crippen molar-refractivity contribution in [3.63, 3.8) is 0 Å². The molecule has 0 saturated heterocycles. The zero-order valence-electron chi connectivity index (χ0n) is 15.0. The number of rotatable bonds is 4. The fourth-order valence-electron chi connectivity index (χ4n) is 2.25. The van der Waals surface area contributed by atoms with Crippen LogP contribution in [0.1, 0.15) is 37.6 Å². The van der Waals surface area contributed by atoms with Crippen molar-refractivity contribution in [3.8, 4) is 5.75 Å². The summed E-state index contributed by atoms with van der Waals surface area (Å²) in [6.07, 6.45) is 1.61. The smallest absolute Gasteiger partial charge is 0.265 e. The molecule has 130 valence electrons. The maximum absolute atomic E-state index is 12.8. The second kappa shape index (κ2) is 6.43. The van der Waals surface area contributed by atoms with Gasteiger partial charge in [-0.3, -0.25) is 9.71 Å². The molecule has 0 saturated carbocycles. The van der Waals surface area contributed by atoms with E-state index < -0.39 is 10.0 Å². The number of anilines is 1. The number of aryl methyl sites for hydroxylation is 2. The van der Waals surface area contributed by atoms with E-state index in [1.54, 1.807) is 30.5 Å². The van der Waals surface area contributed by atoms with Crippen LogP contribution < -0.4 is 9.46 Å². The normalized spacial score (nSPS) is 12.1. The summed E-state index contributed by atoms with van der Waals surface area (Å²) in [5, 5.41) is 0. The van der Waals surface area contributed by atoms with Crippen LogP contribution in [0.5, 0.6) is 5.75 Å². The van der Waals surface area contributed by atoms with Crippen molar-refractivity contribution in [2.45, 2.75) is 44.9 Å². The van der Waals surface area contributed by atoms with Gasteiger partial charge >= 0.3 is 0 Å². The molecule has 0 fully saturated rings. The third-order valence-electron chi connectivity index (χ3n) is 3.85. The number of nitrogens with one attached hydrogen (secondary N) is 1. The van der Waals surface area contributed by atoms with Crippen molar-refractivity contribution in [2.75, 3.05) is 11.8 Å². The van der Waals surface area contributed by atoms with Crippen molar-refractivity contribution in [1.29, 1.82) is 0 Å². The highest BCUT2D eigenvalue weighted by atomic mass is 32.2. The van der Waals surface area contributed by atoms with Crippen LogP contribution in [0.25, 0.3) is 0 Å². The predicted octanol–water partition coefficient (Wildman–Crippen LogP) is 3.81. The van der Waals surface area contributed by atoms with E-state index in [1.165, 1.54) is 7.11 Å². The van der Waals surface area contributed by atoms with E-state index in [0.29, 0.717) is 11.4 Å². The first-order valence-electron chi connectivity index (χ1n) is 7.69. The Morgan fingerprint density at radius 2 is 1.71 bits per heavy atom. The third-order valence-corrected chi connectivity index (χ3v) is 5.25. The van der Waals surface area contributed by atoms with E-state index in [-0.39, 0.29) is 10.3 Å². The van der Waals surface area contributed by atoms with Crippen molar-refractivity contribution >= 4 is 15.7 Å². The number of sulfonamides is 1. The summed E-state index contributed by atoms with van der Waals surface area (Å²) in [4.78, 5) is 4.44. The Hall–Kier alpha value is -2.08. The van der Waals surface area contributed by atoms with Crippen LogP contribution in [0.3, 0.4) is 0 Å². The van der Waals surface area contributed by atoms with Crippen LogP contribution in [0.4, 0.5) is 5.69 Å². The Bertz CT molecular complexity index is 853. The summed E-state index contributed by atoms with van der Waals surface area (Å²) in [6.45, 7) is 9.87.